The molecular formula is C18H24. The fourth-order valence-corrected chi connectivity index (χ4v) is 5.45. The smallest absolute Gasteiger partial charge is 0.00393 e. The minimum atomic E-state index is 0.331. The Morgan fingerprint density at radius 2 is 1.22 bits per heavy atom. The lowest BCUT2D eigenvalue weighted by atomic mass is 9.41. The summed E-state index contributed by atoms with van der Waals surface area (Å²) in [7, 11) is 0. The average molecular weight is 240 g/mol. The van der Waals surface area contributed by atoms with Gasteiger partial charge in [0, 0.05) is 0 Å². The summed E-state index contributed by atoms with van der Waals surface area (Å²) in [5, 5.41) is 0. The standard InChI is InChI=1S/C18H24/c1-5-13(3)17-8-15-7-16(9-17)11-18(10-15,12-17)14(4)6-2/h5-6,15-16H,1-4,7-12H2. The zero-order valence-corrected chi connectivity index (χ0v) is 11.4. The molecule has 0 aromatic rings. The van der Waals surface area contributed by atoms with Crippen molar-refractivity contribution in [3.05, 3.63) is 49.6 Å². The van der Waals surface area contributed by atoms with Crippen LogP contribution in [-0.2, 0) is 0 Å². The van der Waals surface area contributed by atoms with Crippen LogP contribution >= 0.6 is 0 Å². The summed E-state index contributed by atoms with van der Waals surface area (Å²) in [6.45, 7) is 16.5. The molecule has 0 amide bonds. The molecule has 0 N–H and O–H groups in total. The molecule has 4 bridgehead atoms. The molecule has 4 fully saturated rings. The van der Waals surface area contributed by atoms with E-state index in [1.807, 2.05) is 12.2 Å². The van der Waals surface area contributed by atoms with E-state index in [0.717, 1.165) is 11.8 Å². The summed E-state index contributed by atoms with van der Waals surface area (Å²) in [6.07, 6.45) is 12.0. The second-order valence-electron chi connectivity index (χ2n) is 6.98. The highest BCUT2D eigenvalue weighted by atomic mass is 14.6. The van der Waals surface area contributed by atoms with Crippen molar-refractivity contribution in [2.45, 2.75) is 38.5 Å². The summed E-state index contributed by atoms with van der Waals surface area (Å²) >= 11 is 0. The topological polar surface area (TPSA) is 0 Å². The summed E-state index contributed by atoms with van der Waals surface area (Å²) in [5.41, 5.74) is 3.21. The first-order chi connectivity index (χ1) is 8.53. The van der Waals surface area contributed by atoms with E-state index in [1.165, 1.54) is 49.7 Å². The highest BCUT2D eigenvalue weighted by Crippen LogP contribution is 2.69. The molecule has 4 saturated carbocycles. The van der Waals surface area contributed by atoms with Crippen LogP contribution in [0.2, 0.25) is 0 Å². The van der Waals surface area contributed by atoms with Crippen LogP contribution < -0.4 is 0 Å². The number of allylic oxidation sites excluding steroid dienone is 4. The van der Waals surface area contributed by atoms with Crippen molar-refractivity contribution in [3.63, 3.8) is 0 Å². The van der Waals surface area contributed by atoms with Crippen molar-refractivity contribution in [1.82, 2.24) is 0 Å². The fraction of sp³-hybridized carbons (Fsp3) is 0.556. The zero-order valence-electron chi connectivity index (χ0n) is 11.4. The molecule has 0 aromatic carbocycles. The predicted octanol–water partition coefficient (Wildman–Crippen LogP) is 5.06. The van der Waals surface area contributed by atoms with Gasteiger partial charge in [0.05, 0.1) is 0 Å². The average Bonchev–Trinajstić information content (AvgIpc) is 2.35. The van der Waals surface area contributed by atoms with E-state index in [2.05, 4.69) is 26.3 Å². The van der Waals surface area contributed by atoms with Gasteiger partial charge in [-0.05, 0) is 72.3 Å². The summed E-state index contributed by atoms with van der Waals surface area (Å²) in [5.74, 6) is 1.75. The van der Waals surface area contributed by atoms with Crippen molar-refractivity contribution in [3.8, 4) is 0 Å². The van der Waals surface area contributed by atoms with Crippen LogP contribution in [0.5, 0.6) is 0 Å². The molecule has 96 valence electrons. The van der Waals surface area contributed by atoms with Crippen LogP contribution in [0, 0.1) is 22.7 Å². The van der Waals surface area contributed by atoms with E-state index < -0.39 is 0 Å². The van der Waals surface area contributed by atoms with Gasteiger partial charge in [-0.15, -0.1) is 0 Å². The van der Waals surface area contributed by atoms with E-state index in [4.69, 9.17) is 0 Å². The third kappa shape index (κ3) is 1.44. The van der Waals surface area contributed by atoms with Crippen molar-refractivity contribution in [2.75, 3.05) is 0 Å². The fourth-order valence-electron chi connectivity index (χ4n) is 5.45. The van der Waals surface area contributed by atoms with Crippen LogP contribution in [0.3, 0.4) is 0 Å². The third-order valence-electron chi connectivity index (χ3n) is 5.92. The first-order valence-electron chi connectivity index (χ1n) is 7.17. The van der Waals surface area contributed by atoms with Gasteiger partial charge in [-0.1, -0.05) is 38.5 Å². The van der Waals surface area contributed by atoms with Crippen LogP contribution in [0.15, 0.2) is 49.6 Å². The van der Waals surface area contributed by atoms with Gasteiger partial charge in [0.1, 0.15) is 0 Å². The van der Waals surface area contributed by atoms with Crippen molar-refractivity contribution < 1.29 is 0 Å². The highest BCUT2D eigenvalue weighted by molar-refractivity contribution is 5.34. The van der Waals surface area contributed by atoms with Crippen LogP contribution in [0.4, 0.5) is 0 Å². The van der Waals surface area contributed by atoms with Crippen LogP contribution in [0.1, 0.15) is 38.5 Å². The van der Waals surface area contributed by atoms with Crippen molar-refractivity contribution in [2.24, 2.45) is 22.7 Å². The minimum absolute atomic E-state index is 0.331. The van der Waals surface area contributed by atoms with E-state index in [-0.39, 0.29) is 0 Å². The Morgan fingerprint density at radius 1 is 0.833 bits per heavy atom. The first kappa shape index (κ1) is 12.0. The van der Waals surface area contributed by atoms with Gasteiger partial charge in [-0.3, -0.25) is 0 Å². The van der Waals surface area contributed by atoms with Gasteiger partial charge >= 0.3 is 0 Å². The Bertz CT molecular complexity index is 385. The van der Waals surface area contributed by atoms with Gasteiger partial charge in [-0.25, -0.2) is 0 Å². The number of hydrogen-bond donors (Lipinski definition) is 0. The third-order valence-corrected chi connectivity index (χ3v) is 5.92. The quantitative estimate of drug-likeness (QED) is 0.603. The summed E-state index contributed by atoms with van der Waals surface area (Å²) in [4.78, 5) is 0. The van der Waals surface area contributed by atoms with E-state index in [0.29, 0.717) is 10.8 Å². The van der Waals surface area contributed by atoms with Crippen LogP contribution in [0.25, 0.3) is 0 Å². The van der Waals surface area contributed by atoms with E-state index >= 15 is 0 Å². The molecule has 0 radical (unpaired) electrons. The number of hydrogen-bond acceptors (Lipinski definition) is 0. The Labute approximate surface area is 111 Å². The first-order valence-corrected chi connectivity index (χ1v) is 7.17. The van der Waals surface area contributed by atoms with Crippen molar-refractivity contribution in [1.29, 1.82) is 0 Å². The Kier molecular flexibility index (Phi) is 2.49. The molecule has 0 spiro atoms. The lowest BCUT2D eigenvalue weighted by molar-refractivity contribution is -0.0701. The van der Waals surface area contributed by atoms with Crippen molar-refractivity contribution >= 4 is 0 Å². The lowest BCUT2D eigenvalue weighted by Gasteiger charge is -2.63. The second-order valence-corrected chi connectivity index (χ2v) is 6.98. The molecule has 18 heavy (non-hydrogen) atoms. The molecule has 0 nitrogen and oxygen atoms in total. The van der Waals surface area contributed by atoms with Gasteiger partial charge < -0.3 is 0 Å². The maximum absolute atomic E-state index is 4.31. The lowest BCUT2D eigenvalue weighted by Crippen LogP contribution is -2.52. The Hall–Kier alpha value is -1.04. The maximum atomic E-state index is 4.31. The Balaban J connectivity index is 2.02. The molecule has 4 rings (SSSR count). The molecule has 0 aliphatic heterocycles. The van der Waals surface area contributed by atoms with Gasteiger partial charge in [0.15, 0.2) is 0 Å². The normalized spacial score (nSPS) is 44.7. The van der Waals surface area contributed by atoms with Gasteiger partial charge in [0.2, 0.25) is 0 Å². The van der Waals surface area contributed by atoms with Crippen LogP contribution in [-0.4, -0.2) is 0 Å². The molecule has 0 saturated heterocycles. The second kappa shape index (κ2) is 3.73. The largest absolute Gasteiger partial charge is 0.0988 e. The Morgan fingerprint density at radius 3 is 1.56 bits per heavy atom. The molecule has 0 atom stereocenters. The maximum Gasteiger partial charge on any atom is -0.00393 e. The van der Waals surface area contributed by atoms with E-state index in [1.54, 1.807) is 0 Å². The molecule has 0 heteroatoms. The molecular weight excluding hydrogens is 216 g/mol. The van der Waals surface area contributed by atoms with E-state index in [9.17, 15) is 0 Å². The minimum Gasteiger partial charge on any atom is -0.0988 e. The SMILES string of the molecule is C=CC(=C)C12CC3CC(C1)CC(C(=C)C=C)(C3)C2. The molecule has 0 unspecified atom stereocenters. The monoisotopic (exact) mass is 240 g/mol. The van der Waals surface area contributed by atoms with Gasteiger partial charge in [0.25, 0.3) is 0 Å². The molecule has 0 heterocycles. The zero-order chi connectivity index (χ0) is 13.0. The molecule has 4 aliphatic rings. The molecule has 4 aliphatic carbocycles. The molecule has 0 aromatic heterocycles. The predicted molar refractivity (Wildman–Crippen MR) is 78.2 cm³/mol. The number of rotatable bonds is 4. The van der Waals surface area contributed by atoms with Gasteiger partial charge in [-0.2, -0.15) is 0 Å². The summed E-state index contributed by atoms with van der Waals surface area (Å²) in [6, 6.07) is 0. The highest BCUT2D eigenvalue weighted by Gasteiger charge is 2.58. The summed E-state index contributed by atoms with van der Waals surface area (Å²) < 4.78 is 0.